The van der Waals surface area contributed by atoms with Gasteiger partial charge in [0.05, 0.1) is 17.3 Å². The number of amides is 1. The van der Waals surface area contributed by atoms with Crippen LogP contribution in [0, 0.1) is 0 Å². The van der Waals surface area contributed by atoms with Crippen LogP contribution in [-0.4, -0.2) is 22.6 Å². The number of hydrogen-bond donors (Lipinski definition) is 1. The van der Waals surface area contributed by atoms with Crippen LogP contribution in [0.1, 0.15) is 41.4 Å². The maximum absolute atomic E-state index is 13.5. The Bertz CT molecular complexity index is 1020. The normalized spacial score (nSPS) is 15.0. The van der Waals surface area contributed by atoms with Crippen LogP contribution in [0.15, 0.2) is 78.9 Å². The zero-order chi connectivity index (χ0) is 20.6. The number of nitrogens with zero attached hydrogens (tertiary/aromatic N) is 1. The Morgan fingerprint density at radius 2 is 1.48 bits per heavy atom. The van der Waals surface area contributed by atoms with Crippen molar-refractivity contribution in [3.8, 4) is 5.75 Å². The Labute approximate surface area is 169 Å². The van der Waals surface area contributed by atoms with E-state index in [-0.39, 0.29) is 11.5 Å². The van der Waals surface area contributed by atoms with Gasteiger partial charge in [0.25, 0.3) is 5.91 Å². The van der Waals surface area contributed by atoms with E-state index in [0.29, 0.717) is 11.4 Å². The summed E-state index contributed by atoms with van der Waals surface area (Å²) >= 11 is 0. The molecule has 1 aliphatic rings. The number of rotatable bonds is 4. The van der Waals surface area contributed by atoms with E-state index in [1.165, 1.54) is 12.1 Å². The smallest absolute Gasteiger partial charge is 0.335 e. The van der Waals surface area contributed by atoms with Crippen LogP contribution in [0.3, 0.4) is 0 Å². The molecule has 4 rings (SSSR count). The molecule has 5 nitrogen and oxygen atoms in total. The number of carboxylic acid groups (broad SMARTS) is 1. The van der Waals surface area contributed by atoms with Gasteiger partial charge in [0.2, 0.25) is 0 Å². The van der Waals surface area contributed by atoms with Crippen molar-refractivity contribution < 1.29 is 19.4 Å². The molecule has 0 fully saturated rings. The first-order valence-electron chi connectivity index (χ1n) is 9.38. The highest BCUT2D eigenvalue weighted by molar-refractivity contribution is 6.04. The summed E-state index contributed by atoms with van der Waals surface area (Å²) < 4.78 is 5.93. The first-order chi connectivity index (χ1) is 13.9. The molecule has 1 amide bonds. The summed E-state index contributed by atoms with van der Waals surface area (Å²) in [5.74, 6) is -0.803. The molecule has 0 atom stereocenters. The molecule has 0 saturated heterocycles. The maximum Gasteiger partial charge on any atom is 0.335 e. The van der Waals surface area contributed by atoms with E-state index in [4.69, 9.17) is 4.74 Å². The third-order valence-electron chi connectivity index (χ3n) is 5.05. The molecular weight excluding hydrogens is 366 g/mol. The van der Waals surface area contributed by atoms with Crippen LogP contribution in [-0.2, 0) is 4.79 Å². The summed E-state index contributed by atoms with van der Waals surface area (Å²) in [6, 6.07) is 23.6. The summed E-state index contributed by atoms with van der Waals surface area (Å²) in [5, 5.41) is 9.47. The molecule has 3 aromatic rings. The molecule has 0 aliphatic carbocycles. The van der Waals surface area contributed by atoms with Crippen LogP contribution in [0.2, 0.25) is 0 Å². The second-order valence-corrected chi connectivity index (χ2v) is 7.50. The second kappa shape index (κ2) is 7.09. The molecule has 1 aliphatic heterocycles. The molecule has 0 bridgehead atoms. The van der Waals surface area contributed by atoms with Gasteiger partial charge >= 0.3 is 5.97 Å². The Kier molecular flexibility index (Phi) is 4.59. The minimum atomic E-state index is -1.08. The zero-order valence-electron chi connectivity index (χ0n) is 16.2. The lowest BCUT2D eigenvalue weighted by Crippen LogP contribution is -2.53. The average Bonchev–Trinajstić information content (AvgIpc) is 2.72. The van der Waals surface area contributed by atoms with E-state index in [1.54, 1.807) is 24.8 Å². The standard InChI is InChI=1S/C24H21NO4/c1-24(2)23(28)25(19-15-18(22(26)27)13-14-20(19)29-24)21(16-9-5-3-6-10-16)17-11-7-4-8-12-17/h3-15,21H,1-2H3,(H,26,27). The summed E-state index contributed by atoms with van der Waals surface area (Å²) in [7, 11) is 0. The zero-order valence-corrected chi connectivity index (χ0v) is 16.2. The minimum Gasteiger partial charge on any atom is -0.478 e. The predicted molar refractivity (Wildman–Crippen MR) is 110 cm³/mol. The highest BCUT2D eigenvalue weighted by atomic mass is 16.5. The topological polar surface area (TPSA) is 66.8 Å². The van der Waals surface area contributed by atoms with Crippen molar-refractivity contribution in [2.24, 2.45) is 0 Å². The van der Waals surface area contributed by atoms with Gasteiger partial charge in [-0.15, -0.1) is 0 Å². The number of hydrogen-bond acceptors (Lipinski definition) is 3. The number of ether oxygens (including phenoxy) is 1. The Balaban J connectivity index is 1.97. The quantitative estimate of drug-likeness (QED) is 0.706. The number of carbonyl (C=O) groups is 2. The minimum absolute atomic E-state index is 0.102. The number of carboxylic acids is 1. The second-order valence-electron chi connectivity index (χ2n) is 7.50. The van der Waals surface area contributed by atoms with Gasteiger partial charge in [0.15, 0.2) is 5.60 Å². The van der Waals surface area contributed by atoms with Crippen LogP contribution in [0.5, 0.6) is 5.75 Å². The number of fused-ring (bicyclic) bond motifs is 1. The van der Waals surface area contributed by atoms with Crippen molar-refractivity contribution in [2.75, 3.05) is 4.90 Å². The summed E-state index contributed by atoms with van der Waals surface area (Å²) in [5.41, 5.74) is 1.32. The van der Waals surface area contributed by atoms with E-state index in [1.807, 2.05) is 60.7 Å². The van der Waals surface area contributed by atoms with Crippen LogP contribution in [0.4, 0.5) is 5.69 Å². The predicted octanol–water partition coefficient (Wildman–Crippen LogP) is 4.68. The average molecular weight is 387 g/mol. The SMILES string of the molecule is CC1(C)Oc2ccc(C(=O)O)cc2N(C(c2ccccc2)c2ccccc2)C1=O. The number of carbonyl (C=O) groups excluding carboxylic acids is 1. The van der Waals surface area contributed by atoms with Gasteiger partial charge in [-0.05, 0) is 43.2 Å². The molecule has 0 saturated carbocycles. The molecule has 5 heteroatoms. The molecule has 0 spiro atoms. The fourth-order valence-electron chi connectivity index (χ4n) is 3.66. The molecule has 0 unspecified atom stereocenters. The molecule has 3 aromatic carbocycles. The number of aromatic carboxylic acids is 1. The van der Waals surface area contributed by atoms with Gasteiger partial charge < -0.3 is 9.84 Å². The first-order valence-corrected chi connectivity index (χ1v) is 9.38. The van der Waals surface area contributed by atoms with Gasteiger partial charge in [-0.2, -0.15) is 0 Å². The van der Waals surface area contributed by atoms with Crippen molar-refractivity contribution in [1.82, 2.24) is 0 Å². The highest BCUT2D eigenvalue weighted by Crippen LogP contribution is 2.44. The Morgan fingerprint density at radius 3 is 2.00 bits per heavy atom. The largest absolute Gasteiger partial charge is 0.478 e. The fourth-order valence-corrected chi connectivity index (χ4v) is 3.66. The molecule has 29 heavy (non-hydrogen) atoms. The Hall–Kier alpha value is -3.60. The fraction of sp³-hybridized carbons (Fsp3) is 0.167. The summed E-state index contributed by atoms with van der Waals surface area (Å²) in [4.78, 5) is 26.8. The van der Waals surface area contributed by atoms with Crippen molar-refractivity contribution in [3.05, 3.63) is 95.6 Å². The first kappa shape index (κ1) is 18.7. The van der Waals surface area contributed by atoms with E-state index in [0.717, 1.165) is 11.1 Å². The van der Waals surface area contributed by atoms with Crippen molar-refractivity contribution in [2.45, 2.75) is 25.5 Å². The van der Waals surface area contributed by atoms with E-state index in [2.05, 4.69) is 0 Å². The summed E-state index contributed by atoms with van der Waals surface area (Å²) in [6.07, 6.45) is 0. The number of anilines is 1. The van der Waals surface area contributed by atoms with Crippen molar-refractivity contribution >= 4 is 17.6 Å². The highest BCUT2D eigenvalue weighted by Gasteiger charge is 2.44. The lowest BCUT2D eigenvalue weighted by Gasteiger charge is -2.43. The third-order valence-corrected chi connectivity index (χ3v) is 5.05. The van der Waals surface area contributed by atoms with Gasteiger partial charge in [-0.3, -0.25) is 9.69 Å². The van der Waals surface area contributed by atoms with Gasteiger partial charge in [0.1, 0.15) is 5.75 Å². The molecule has 146 valence electrons. The third kappa shape index (κ3) is 3.36. The van der Waals surface area contributed by atoms with Gasteiger partial charge in [-0.1, -0.05) is 60.7 Å². The molecule has 1 heterocycles. The molecule has 1 N–H and O–H groups in total. The lowest BCUT2D eigenvalue weighted by atomic mass is 9.92. The Morgan fingerprint density at radius 1 is 0.931 bits per heavy atom. The van der Waals surface area contributed by atoms with Crippen LogP contribution in [0.25, 0.3) is 0 Å². The lowest BCUT2D eigenvalue weighted by molar-refractivity contribution is -0.133. The summed E-state index contributed by atoms with van der Waals surface area (Å²) in [6.45, 7) is 3.45. The molecular formula is C24H21NO4. The van der Waals surface area contributed by atoms with Crippen LogP contribution >= 0.6 is 0 Å². The van der Waals surface area contributed by atoms with E-state index in [9.17, 15) is 14.7 Å². The maximum atomic E-state index is 13.5. The van der Waals surface area contributed by atoms with Crippen LogP contribution < -0.4 is 9.64 Å². The number of benzene rings is 3. The van der Waals surface area contributed by atoms with E-state index >= 15 is 0 Å². The monoisotopic (exact) mass is 387 g/mol. The molecule has 0 aromatic heterocycles. The van der Waals surface area contributed by atoms with Crippen molar-refractivity contribution in [1.29, 1.82) is 0 Å². The van der Waals surface area contributed by atoms with E-state index < -0.39 is 17.6 Å². The molecule has 0 radical (unpaired) electrons. The van der Waals surface area contributed by atoms with Gasteiger partial charge in [-0.25, -0.2) is 4.79 Å². The van der Waals surface area contributed by atoms with Gasteiger partial charge in [0, 0.05) is 0 Å². The van der Waals surface area contributed by atoms with Crippen molar-refractivity contribution in [3.63, 3.8) is 0 Å².